The van der Waals surface area contributed by atoms with Crippen LogP contribution in [0, 0.1) is 0 Å². The Labute approximate surface area is 360 Å². The maximum Gasteiger partial charge on any atom is 0.306 e. The zero-order valence-electron chi connectivity index (χ0n) is 38.7. The first-order valence-electron chi connectivity index (χ1n) is 25.2. The Balaban J connectivity index is 4.63. The minimum absolute atomic E-state index is 0.0365. The summed E-state index contributed by atoms with van der Waals surface area (Å²) in [4.78, 5) is 26.0. The Morgan fingerprint density at radius 2 is 0.897 bits per heavy atom. The molecule has 6 heteroatoms. The average Bonchev–Trinajstić information content (AvgIpc) is 3.22. The van der Waals surface area contributed by atoms with Gasteiger partial charge in [-0.2, -0.15) is 0 Å². The molecule has 0 heterocycles. The summed E-state index contributed by atoms with van der Waals surface area (Å²) in [6.45, 7) is 6.45. The summed E-state index contributed by atoms with van der Waals surface area (Å²) >= 11 is 0. The third-order valence-corrected chi connectivity index (χ3v) is 11.5. The van der Waals surface area contributed by atoms with Crippen molar-refractivity contribution < 1.29 is 24.5 Å². The predicted molar refractivity (Wildman–Crippen MR) is 250 cm³/mol. The molecule has 0 aliphatic carbocycles. The van der Waals surface area contributed by atoms with Crippen molar-refractivity contribution in [2.75, 3.05) is 6.61 Å². The summed E-state index contributed by atoms with van der Waals surface area (Å²) in [7, 11) is 0. The highest BCUT2D eigenvalue weighted by Crippen LogP contribution is 2.17. The van der Waals surface area contributed by atoms with E-state index in [1.54, 1.807) is 0 Å². The molecule has 0 aromatic carbocycles. The van der Waals surface area contributed by atoms with Crippen LogP contribution in [0.25, 0.3) is 0 Å². The molecule has 0 bridgehead atoms. The number of esters is 1. The third-order valence-electron chi connectivity index (χ3n) is 11.5. The van der Waals surface area contributed by atoms with Gasteiger partial charge in [-0.3, -0.25) is 9.59 Å². The standard InChI is InChI=1S/C52H97NO5/c1-4-7-10-13-16-19-22-25-27-29-32-35-38-41-44-50(55)49(47-54)53-51(56)46-48(43-40-37-34-31-28-24-21-18-15-12-9-6-3)58-52(57)45-42-39-36-33-30-26-23-20-17-14-11-8-5-2/h26,30-31,34,36,39,48-50,54-55H,4-25,27-29,32-33,35,37-38,40-47H2,1-3H3,(H,53,56)/b30-26-,34-31-,39-36+. The number of carbonyl (C=O) groups excluding carboxylic acids is 2. The Morgan fingerprint density at radius 3 is 1.36 bits per heavy atom. The SMILES string of the molecule is CCCCCCCC/C=C\C/C=C/CCC(=O)OC(CCC/C=C\CCCCCCCCC)CC(=O)NC(CO)C(O)CCCCCCCCCCCCCCCC. The molecule has 3 N–H and O–H groups in total. The summed E-state index contributed by atoms with van der Waals surface area (Å²) in [6, 6.07) is -0.717. The quantitative estimate of drug-likeness (QED) is 0.0323. The maximum absolute atomic E-state index is 13.2. The van der Waals surface area contributed by atoms with E-state index in [2.05, 4.69) is 56.5 Å². The van der Waals surface area contributed by atoms with Crippen LogP contribution in [0.5, 0.6) is 0 Å². The molecule has 0 aromatic rings. The van der Waals surface area contributed by atoms with Crippen molar-refractivity contribution in [2.45, 2.75) is 277 Å². The van der Waals surface area contributed by atoms with Gasteiger partial charge in [-0.1, -0.05) is 218 Å². The van der Waals surface area contributed by atoms with Gasteiger partial charge in [0.05, 0.1) is 25.2 Å². The zero-order valence-corrected chi connectivity index (χ0v) is 38.7. The van der Waals surface area contributed by atoms with E-state index in [-0.39, 0.29) is 31.3 Å². The van der Waals surface area contributed by atoms with E-state index < -0.39 is 18.2 Å². The molecule has 3 unspecified atom stereocenters. The van der Waals surface area contributed by atoms with E-state index >= 15 is 0 Å². The van der Waals surface area contributed by atoms with Crippen LogP contribution in [0.4, 0.5) is 0 Å². The van der Waals surface area contributed by atoms with Gasteiger partial charge in [-0.05, 0) is 64.2 Å². The fourth-order valence-electron chi connectivity index (χ4n) is 7.60. The molecule has 0 aliphatic heterocycles. The number of amides is 1. The molecule has 3 atom stereocenters. The number of unbranched alkanes of at least 4 members (excludes halogenated alkanes) is 27. The van der Waals surface area contributed by atoms with Gasteiger partial charge in [0.15, 0.2) is 0 Å². The topological polar surface area (TPSA) is 95.9 Å². The number of nitrogens with one attached hydrogen (secondary N) is 1. The highest BCUT2D eigenvalue weighted by atomic mass is 16.5. The van der Waals surface area contributed by atoms with E-state index in [4.69, 9.17) is 4.74 Å². The molecule has 6 nitrogen and oxygen atoms in total. The van der Waals surface area contributed by atoms with Gasteiger partial charge in [0.1, 0.15) is 6.10 Å². The first-order chi connectivity index (χ1) is 28.5. The van der Waals surface area contributed by atoms with Gasteiger partial charge in [0.2, 0.25) is 5.91 Å². The molecule has 0 spiro atoms. The van der Waals surface area contributed by atoms with E-state index in [0.29, 0.717) is 19.3 Å². The third kappa shape index (κ3) is 40.8. The van der Waals surface area contributed by atoms with Gasteiger partial charge >= 0.3 is 5.97 Å². The molecule has 0 radical (unpaired) electrons. The monoisotopic (exact) mass is 816 g/mol. The fourth-order valence-corrected chi connectivity index (χ4v) is 7.60. The Kier molecular flexibility index (Phi) is 44.6. The van der Waals surface area contributed by atoms with Crippen molar-refractivity contribution in [3.63, 3.8) is 0 Å². The van der Waals surface area contributed by atoms with Crippen LogP contribution in [0.2, 0.25) is 0 Å². The molecule has 340 valence electrons. The van der Waals surface area contributed by atoms with Crippen LogP contribution >= 0.6 is 0 Å². The number of aliphatic hydroxyl groups excluding tert-OH is 2. The smallest absolute Gasteiger partial charge is 0.306 e. The summed E-state index contributed by atoms with van der Waals surface area (Å²) in [5, 5.41) is 23.7. The highest BCUT2D eigenvalue weighted by molar-refractivity contribution is 5.77. The number of hydrogen-bond acceptors (Lipinski definition) is 5. The van der Waals surface area contributed by atoms with Crippen molar-refractivity contribution in [2.24, 2.45) is 0 Å². The molecular formula is C52H97NO5. The number of aliphatic hydroxyl groups is 2. The number of ether oxygens (including phenoxy) is 1. The zero-order chi connectivity index (χ0) is 42.4. The summed E-state index contributed by atoms with van der Waals surface area (Å²) < 4.78 is 5.86. The van der Waals surface area contributed by atoms with E-state index in [0.717, 1.165) is 51.4 Å². The van der Waals surface area contributed by atoms with Crippen LogP contribution < -0.4 is 5.32 Å². The molecule has 0 saturated heterocycles. The molecule has 1 amide bonds. The largest absolute Gasteiger partial charge is 0.462 e. The van der Waals surface area contributed by atoms with Crippen LogP contribution in [-0.4, -0.2) is 46.9 Å². The van der Waals surface area contributed by atoms with Gasteiger partial charge in [-0.25, -0.2) is 0 Å². The van der Waals surface area contributed by atoms with Crippen LogP contribution in [0.15, 0.2) is 36.5 Å². The maximum atomic E-state index is 13.2. The van der Waals surface area contributed by atoms with E-state index in [9.17, 15) is 19.8 Å². The van der Waals surface area contributed by atoms with Crippen LogP contribution in [0.3, 0.4) is 0 Å². The van der Waals surface area contributed by atoms with Crippen molar-refractivity contribution >= 4 is 11.9 Å². The first kappa shape index (κ1) is 56.1. The number of allylic oxidation sites excluding steroid dienone is 6. The Bertz CT molecular complexity index is 961. The molecule has 0 rings (SSSR count). The van der Waals surface area contributed by atoms with Crippen molar-refractivity contribution in [1.82, 2.24) is 5.32 Å². The lowest BCUT2D eigenvalue weighted by Gasteiger charge is -2.24. The summed E-state index contributed by atoms with van der Waals surface area (Å²) in [5.41, 5.74) is 0. The van der Waals surface area contributed by atoms with Crippen LogP contribution in [0.1, 0.15) is 258 Å². The van der Waals surface area contributed by atoms with Gasteiger partial charge in [0, 0.05) is 6.42 Å². The Hall–Kier alpha value is -1.92. The molecule has 0 saturated carbocycles. The van der Waals surface area contributed by atoms with E-state index in [1.165, 1.54) is 154 Å². The average molecular weight is 816 g/mol. The van der Waals surface area contributed by atoms with E-state index in [1.807, 2.05) is 6.08 Å². The van der Waals surface area contributed by atoms with Gasteiger partial charge in [0.25, 0.3) is 0 Å². The lowest BCUT2D eigenvalue weighted by Crippen LogP contribution is -2.46. The molecule has 0 fully saturated rings. The minimum Gasteiger partial charge on any atom is -0.462 e. The fraction of sp³-hybridized carbons (Fsp3) is 0.846. The van der Waals surface area contributed by atoms with Crippen molar-refractivity contribution in [3.8, 4) is 0 Å². The lowest BCUT2D eigenvalue weighted by atomic mass is 10.0. The lowest BCUT2D eigenvalue weighted by molar-refractivity contribution is -0.150. The number of rotatable bonds is 45. The van der Waals surface area contributed by atoms with Gasteiger partial charge in [-0.15, -0.1) is 0 Å². The Morgan fingerprint density at radius 1 is 0.500 bits per heavy atom. The molecule has 0 aromatic heterocycles. The second-order valence-electron chi connectivity index (χ2n) is 17.2. The molecular weight excluding hydrogens is 719 g/mol. The summed E-state index contributed by atoms with van der Waals surface area (Å²) in [5.74, 6) is -0.578. The summed E-state index contributed by atoms with van der Waals surface area (Å²) in [6.07, 6.45) is 53.6. The van der Waals surface area contributed by atoms with Crippen molar-refractivity contribution in [1.29, 1.82) is 0 Å². The predicted octanol–water partition coefficient (Wildman–Crippen LogP) is 14.9. The highest BCUT2D eigenvalue weighted by Gasteiger charge is 2.23. The normalized spacial score (nSPS) is 13.5. The second-order valence-corrected chi connectivity index (χ2v) is 17.2. The molecule has 0 aliphatic rings. The van der Waals surface area contributed by atoms with Crippen LogP contribution in [-0.2, 0) is 14.3 Å². The van der Waals surface area contributed by atoms with Gasteiger partial charge < -0.3 is 20.3 Å². The first-order valence-corrected chi connectivity index (χ1v) is 25.2. The minimum atomic E-state index is -0.800. The number of carbonyl (C=O) groups is 2. The molecule has 58 heavy (non-hydrogen) atoms. The van der Waals surface area contributed by atoms with Crippen molar-refractivity contribution in [3.05, 3.63) is 36.5 Å². The number of hydrogen-bond donors (Lipinski definition) is 3. The second kappa shape index (κ2) is 46.2.